The zero-order valence-corrected chi connectivity index (χ0v) is 16.1. The Morgan fingerprint density at radius 2 is 1.94 bits per heavy atom. The topological polar surface area (TPSA) is 95.5 Å². The predicted octanol–water partition coefficient (Wildman–Crippen LogP) is 4.38. The Balaban J connectivity index is 1.77. The van der Waals surface area contributed by atoms with Crippen LogP contribution >= 0.6 is 0 Å². The summed E-state index contributed by atoms with van der Waals surface area (Å²) in [6, 6.07) is 10.7. The van der Waals surface area contributed by atoms with Crippen molar-refractivity contribution in [2.75, 3.05) is 5.32 Å². The van der Waals surface area contributed by atoms with Crippen molar-refractivity contribution in [3.8, 4) is 23.2 Å². The monoisotopic (exact) mass is 443 g/mol. The fourth-order valence-electron chi connectivity index (χ4n) is 3.15. The number of fused-ring (bicyclic) bond motifs is 1. The minimum Gasteiger partial charge on any atom is -0.432 e. The van der Waals surface area contributed by atoms with Crippen molar-refractivity contribution in [2.24, 2.45) is 0 Å². The van der Waals surface area contributed by atoms with E-state index in [0.717, 1.165) is 12.1 Å². The highest BCUT2D eigenvalue weighted by molar-refractivity contribution is 5.69. The maximum Gasteiger partial charge on any atom is 0.387 e. The van der Waals surface area contributed by atoms with Crippen LogP contribution in [0.3, 0.4) is 0 Å². The molecule has 0 radical (unpaired) electrons. The third kappa shape index (κ3) is 4.17. The molecular formula is C21H13F4N5O2. The maximum atomic E-state index is 14.0. The van der Waals surface area contributed by atoms with Gasteiger partial charge in [-0.05, 0) is 36.4 Å². The third-order valence-corrected chi connectivity index (χ3v) is 4.42. The molecular weight excluding hydrogens is 430 g/mol. The molecule has 0 aliphatic heterocycles. The van der Waals surface area contributed by atoms with E-state index >= 15 is 0 Å². The minimum atomic E-state index is -3.17. The van der Waals surface area contributed by atoms with Gasteiger partial charge < -0.3 is 15.2 Å². The zero-order valence-electron chi connectivity index (χ0n) is 16.1. The smallest absolute Gasteiger partial charge is 0.387 e. The molecule has 0 spiro atoms. The lowest BCUT2D eigenvalue weighted by Gasteiger charge is -2.11. The van der Waals surface area contributed by atoms with Gasteiger partial charge in [-0.25, -0.2) is 18.7 Å². The van der Waals surface area contributed by atoms with Crippen LogP contribution in [0.25, 0.3) is 17.0 Å². The van der Waals surface area contributed by atoms with Crippen molar-refractivity contribution in [1.29, 1.82) is 5.26 Å². The first kappa shape index (κ1) is 21.1. The number of halogens is 4. The van der Waals surface area contributed by atoms with E-state index in [2.05, 4.69) is 20.0 Å². The average molecular weight is 443 g/mol. The van der Waals surface area contributed by atoms with Gasteiger partial charge in [0.15, 0.2) is 11.6 Å². The summed E-state index contributed by atoms with van der Waals surface area (Å²) in [5.74, 6) is -2.06. The standard InChI is InChI=1S/C21H13F4N5O2/c22-12-1-4-19-29-16(10-31)20(30(19)9-12)15-5-11(8-26)6-18(28-15)27-13-2-3-17(14(23)7-13)32-21(24)25/h1-7,9,21,31H,10H2,(H,27,28). The van der Waals surface area contributed by atoms with Crippen LogP contribution in [0.5, 0.6) is 5.75 Å². The van der Waals surface area contributed by atoms with Gasteiger partial charge in [0.25, 0.3) is 0 Å². The van der Waals surface area contributed by atoms with Gasteiger partial charge in [0.05, 0.1) is 35.3 Å². The van der Waals surface area contributed by atoms with Crippen molar-refractivity contribution in [1.82, 2.24) is 14.4 Å². The molecule has 4 aromatic rings. The van der Waals surface area contributed by atoms with Gasteiger partial charge >= 0.3 is 6.61 Å². The molecule has 3 heterocycles. The number of alkyl halides is 2. The number of anilines is 2. The van der Waals surface area contributed by atoms with Gasteiger partial charge in [0.1, 0.15) is 17.3 Å². The Bertz CT molecular complexity index is 1350. The van der Waals surface area contributed by atoms with Gasteiger partial charge in [-0.1, -0.05) is 0 Å². The molecule has 0 fully saturated rings. The van der Waals surface area contributed by atoms with Crippen molar-refractivity contribution in [2.45, 2.75) is 13.2 Å². The first-order valence-corrected chi connectivity index (χ1v) is 9.09. The summed E-state index contributed by atoms with van der Waals surface area (Å²) in [6.45, 7) is -3.63. The van der Waals surface area contributed by atoms with E-state index in [0.29, 0.717) is 5.65 Å². The molecule has 0 unspecified atom stereocenters. The van der Waals surface area contributed by atoms with Crippen LogP contribution in [0, 0.1) is 23.0 Å². The average Bonchev–Trinajstić information content (AvgIpc) is 3.13. The summed E-state index contributed by atoms with van der Waals surface area (Å²) in [5.41, 5.74) is 1.38. The molecule has 0 saturated heterocycles. The van der Waals surface area contributed by atoms with E-state index in [1.165, 1.54) is 40.9 Å². The van der Waals surface area contributed by atoms with Crippen LogP contribution in [0.4, 0.5) is 29.1 Å². The number of aliphatic hydroxyl groups excluding tert-OH is 1. The number of hydrogen-bond donors (Lipinski definition) is 2. The summed E-state index contributed by atoms with van der Waals surface area (Å²) in [6.07, 6.45) is 1.17. The third-order valence-electron chi connectivity index (χ3n) is 4.42. The Morgan fingerprint density at radius 1 is 1.12 bits per heavy atom. The van der Waals surface area contributed by atoms with Gasteiger partial charge in [-0.15, -0.1) is 0 Å². The van der Waals surface area contributed by atoms with Crippen LogP contribution in [0.1, 0.15) is 11.3 Å². The molecule has 0 aliphatic carbocycles. The number of pyridine rings is 2. The first-order valence-electron chi connectivity index (χ1n) is 9.09. The lowest BCUT2D eigenvalue weighted by molar-refractivity contribution is -0.0521. The van der Waals surface area contributed by atoms with Crippen LogP contribution in [-0.2, 0) is 6.61 Å². The van der Waals surface area contributed by atoms with E-state index in [9.17, 15) is 27.9 Å². The number of hydrogen-bond acceptors (Lipinski definition) is 6. The number of rotatable bonds is 6. The summed E-state index contributed by atoms with van der Waals surface area (Å²) >= 11 is 0. The molecule has 162 valence electrons. The molecule has 4 rings (SSSR count). The number of imidazole rings is 1. The van der Waals surface area contributed by atoms with Crippen molar-refractivity contribution < 1.29 is 27.4 Å². The number of ether oxygens (including phenoxy) is 1. The Hall–Kier alpha value is -4.17. The number of aromatic nitrogens is 3. The second-order valence-corrected chi connectivity index (χ2v) is 6.53. The van der Waals surface area contributed by atoms with Crippen molar-refractivity contribution in [3.05, 3.63) is 71.6 Å². The quantitative estimate of drug-likeness (QED) is 0.430. The fourth-order valence-corrected chi connectivity index (χ4v) is 3.15. The summed E-state index contributed by atoms with van der Waals surface area (Å²) in [5, 5.41) is 21.9. The van der Waals surface area contributed by atoms with Crippen molar-refractivity contribution in [3.63, 3.8) is 0 Å². The van der Waals surface area contributed by atoms with E-state index < -0.39 is 30.6 Å². The summed E-state index contributed by atoms with van der Waals surface area (Å²) < 4.78 is 57.9. The van der Waals surface area contributed by atoms with Gasteiger partial charge in [0.2, 0.25) is 0 Å². The number of nitrogens with one attached hydrogen (secondary N) is 1. The van der Waals surface area contributed by atoms with Crippen molar-refractivity contribution >= 4 is 17.2 Å². The maximum absolute atomic E-state index is 14.0. The minimum absolute atomic E-state index is 0.122. The van der Waals surface area contributed by atoms with Crippen LogP contribution < -0.4 is 10.1 Å². The van der Waals surface area contributed by atoms with E-state index in [1.807, 2.05) is 6.07 Å². The summed E-state index contributed by atoms with van der Waals surface area (Å²) in [4.78, 5) is 8.62. The lowest BCUT2D eigenvalue weighted by Crippen LogP contribution is -2.04. The van der Waals surface area contributed by atoms with Crippen LogP contribution in [0.15, 0.2) is 48.7 Å². The molecule has 0 bridgehead atoms. The molecule has 7 nitrogen and oxygen atoms in total. The Kier molecular flexibility index (Phi) is 5.61. The van der Waals surface area contributed by atoms with Crippen LogP contribution in [0.2, 0.25) is 0 Å². The lowest BCUT2D eigenvalue weighted by atomic mass is 10.1. The van der Waals surface area contributed by atoms with Gasteiger partial charge in [0, 0.05) is 18.0 Å². The van der Waals surface area contributed by atoms with Gasteiger partial charge in [-0.2, -0.15) is 14.0 Å². The first-order chi connectivity index (χ1) is 15.4. The second kappa shape index (κ2) is 8.52. The van der Waals surface area contributed by atoms with Crippen LogP contribution in [-0.4, -0.2) is 26.1 Å². The Morgan fingerprint density at radius 3 is 2.62 bits per heavy atom. The molecule has 2 N–H and O–H groups in total. The normalized spacial score (nSPS) is 11.0. The molecule has 0 saturated carbocycles. The SMILES string of the molecule is N#Cc1cc(Nc2ccc(OC(F)F)c(F)c2)nc(-c2c(CO)nc3ccc(F)cn23)c1. The van der Waals surface area contributed by atoms with E-state index in [4.69, 9.17) is 0 Å². The summed E-state index contributed by atoms with van der Waals surface area (Å²) in [7, 11) is 0. The van der Waals surface area contributed by atoms with Gasteiger partial charge in [-0.3, -0.25) is 4.40 Å². The molecule has 1 aromatic carbocycles. The highest BCUT2D eigenvalue weighted by Crippen LogP contribution is 2.29. The number of benzene rings is 1. The number of nitriles is 1. The number of aliphatic hydroxyl groups is 1. The predicted molar refractivity (Wildman–Crippen MR) is 105 cm³/mol. The highest BCUT2D eigenvalue weighted by Gasteiger charge is 2.17. The zero-order chi connectivity index (χ0) is 22.8. The molecule has 3 aromatic heterocycles. The number of nitrogens with zero attached hydrogens (tertiary/aromatic N) is 4. The fraction of sp³-hybridized carbons (Fsp3) is 0.0952. The molecule has 32 heavy (non-hydrogen) atoms. The molecule has 11 heteroatoms. The molecule has 0 amide bonds. The largest absolute Gasteiger partial charge is 0.432 e. The second-order valence-electron chi connectivity index (χ2n) is 6.53. The molecule has 0 aliphatic rings. The Labute approximate surface area is 178 Å². The highest BCUT2D eigenvalue weighted by atomic mass is 19.3. The van der Waals surface area contributed by atoms with E-state index in [1.54, 1.807) is 0 Å². The molecule has 0 atom stereocenters. The van der Waals surface area contributed by atoms with E-state index in [-0.39, 0.29) is 34.2 Å².